The number of aromatic carboxylic acids is 1. The summed E-state index contributed by atoms with van der Waals surface area (Å²) in [5.41, 5.74) is 2.82. The fraction of sp³-hybridized carbons (Fsp3) is 0.391. The lowest BCUT2D eigenvalue weighted by Gasteiger charge is -2.36. The van der Waals surface area contributed by atoms with Crippen LogP contribution in [0, 0.1) is 0 Å². The first-order valence-electron chi connectivity index (χ1n) is 9.92. The maximum absolute atomic E-state index is 12.8. The third-order valence-corrected chi connectivity index (χ3v) is 5.79. The summed E-state index contributed by atoms with van der Waals surface area (Å²) in [4.78, 5) is 27.3. The Morgan fingerprint density at radius 3 is 1.96 bits per heavy atom. The smallest absolute Gasteiger partial charge is 0.254 e. The fourth-order valence-electron chi connectivity index (χ4n) is 3.85. The highest BCUT2D eigenvalue weighted by atomic mass is 16.4. The monoisotopic (exact) mass is 380 g/mol. The van der Waals surface area contributed by atoms with Crippen molar-refractivity contribution in [2.75, 3.05) is 26.2 Å². The number of amides is 1. The molecule has 1 aliphatic rings. The van der Waals surface area contributed by atoms with E-state index in [4.69, 9.17) is 0 Å². The Morgan fingerprint density at radius 2 is 1.43 bits per heavy atom. The van der Waals surface area contributed by atoms with Crippen LogP contribution in [0.4, 0.5) is 0 Å². The van der Waals surface area contributed by atoms with E-state index in [1.165, 1.54) is 22.1 Å². The number of rotatable bonds is 5. The predicted octanol–water partition coefficient (Wildman–Crippen LogP) is 1.28. The second-order valence-electron chi connectivity index (χ2n) is 7.83. The van der Waals surface area contributed by atoms with E-state index in [0.717, 1.165) is 13.1 Å². The molecule has 0 spiro atoms. The van der Waals surface area contributed by atoms with Gasteiger partial charge in [0.15, 0.2) is 0 Å². The van der Waals surface area contributed by atoms with Crippen LogP contribution < -0.4 is 10.0 Å². The molecule has 0 unspecified atom stereocenters. The summed E-state index contributed by atoms with van der Waals surface area (Å²) in [6.45, 7) is 9.52. The van der Waals surface area contributed by atoms with Crippen molar-refractivity contribution >= 4 is 11.9 Å². The first-order chi connectivity index (χ1) is 13.4. The van der Waals surface area contributed by atoms with Crippen molar-refractivity contribution in [1.29, 1.82) is 0 Å². The number of nitrogens with zero attached hydrogens (tertiary/aromatic N) is 1. The Hall–Kier alpha value is -2.66. The number of carboxylic acids is 1. The van der Waals surface area contributed by atoms with E-state index in [1.54, 1.807) is 23.1 Å². The van der Waals surface area contributed by atoms with Crippen LogP contribution >= 0.6 is 0 Å². The molecule has 1 aliphatic heterocycles. The van der Waals surface area contributed by atoms with Gasteiger partial charge in [0.1, 0.15) is 6.04 Å². The Kier molecular flexibility index (Phi) is 6.15. The van der Waals surface area contributed by atoms with Gasteiger partial charge in [-0.2, -0.15) is 0 Å². The van der Waals surface area contributed by atoms with E-state index in [1.807, 2.05) is 0 Å². The molecule has 28 heavy (non-hydrogen) atoms. The van der Waals surface area contributed by atoms with Gasteiger partial charge in [-0.25, -0.2) is 0 Å². The quantitative estimate of drug-likeness (QED) is 0.850. The molecule has 0 radical (unpaired) electrons. The zero-order chi connectivity index (χ0) is 20.3. The number of carboxylic acid groups (broad SMARTS) is 1. The van der Waals surface area contributed by atoms with Crippen molar-refractivity contribution in [2.24, 2.45) is 0 Å². The lowest BCUT2D eigenvalue weighted by Crippen LogP contribution is -3.14. The normalized spacial score (nSPS) is 16.2. The van der Waals surface area contributed by atoms with Gasteiger partial charge in [-0.1, -0.05) is 56.3 Å². The summed E-state index contributed by atoms with van der Waals surface area (Å²) >= 11 is 0. The summed E-state index contributed by atoms with van der Waals surface area (Å²) in [5.74, 6) is -1.02. The molecule has 2 aromatic rings. The molecule has 1 N–H and O–H groups in total. The molecule has 2 aromatic carbocycles. The van der Waals surface area contributed by atoms with Gasteiger partial charge in [0, 0.05) is 16.7 Å². The van der Waals surface area contributed by atoms with Crippen LogP contribution in [0.1, 0.15) is 64.6 Å². The lowest BCUT2D eigenvalue weighted by atomic mass is 9.98. The van der Waals surface area contributed by atoms with Crippen molar-refractivity contribution < 1.29 is 19.6 Å². The van der Waals surface area contributed by atoms with Crippen molar-refractivity contribution in [3.05, 3.63) is 70.8 Å². The van der Waals surface area contributed by atoms with Gasteiger partial charge in [0.05, 0.1) is 32.1 Å². The average molecular weight is 380 g/mol. The van der Waals surface area contributed by atoms with Crippen molar-refractivity contribution in [3.8, 4) is 0 Å². The maximum Gasteiger partial charge on any atom is 0.254 e. The molecule has 0 aliphatic carbocycles. The van der Waals surface area contributed by atoms with E-state index >= 15 is 0 Å². The van der Waals surface area contributed by atoms with Crippen LogP contribution in [0.5, 0.6) is 0 Å². The summed E-state index contributed by atoms with van der Waals surface area (Å²) < 4.78 is 0. The van der Waals surface area contributed by atoms with Crippen LogP contribution in [0.3, 0.4) is 0 Å². The van der Waals surface area contributed by atoms with E-state index in [9.17, 15) is 14.7 Å². The Bertz CT molecular complexity index is 837. The number of carbonyl (C=O) groups is 2. The number of hydrogen-bond acceptors (Lipinski definition) is 3. The van der Waals surface area contributed by atoms with E-state index < -0.39 is 5.97 Å². The molecule has 148 valence electrons. The molecular formula is C23H28N2O3. The van der Waals surface area contributed by atoms with Gasteiger partial charge >= 0.3 is 0 Å². The second-order valence-corrected chi connectivity index (χ2v) is 7.83. The minimum Gasteiger partial charge on any atom is -0.545 e. The average Bonchev–Trinajstić information content (AvgIpc) is 2.73. The van der Waals surface area contributed by atoms with Crippen LogP contribution in [0.25, 0.3) is 0 Å². The van der Waals surface area contributed by atoms with Crippen molar-refractivity contribution in [3.63, 3.8) is 0 Å². The fourth-order valence-corrected chi connectivity index (χ4v) is 3.85. The van der Waals surface area contributed by atoms with E-state index in [0.29, 0.717) is 25.0 Å². The molecule has 0 aromatic heterocycles. The molecule has 5 nitrogen and oxygen atoms in total. The number of quaternary nitrogens is 1. The summed E-state index contributed by atoms with van der Waals surface area (Å²) in [6, 6.07) is 15.5. The number of nitrogens with one attached hydrogen (secondary N) is 1. The highest BCUT2D eigenvalue weighted by molar-refractivity contribution is 6.04. The van der Waals surface area contributed by atoms with Crippen LogP contribution in [0.15, 0.2) is 48.5 Å². The molecular weight excluding hydrogens is 352 g/mol. The molecule has 1 fully saturated rings. The van der Waals surface area contributed by atoms with Gasteiger partial charge in [0.25, 0.3) is 5.91 Å². The van der Waals surface area contributed by atoms with Crippen molar-refractivity contribution in [2.45, 2.75) is 32.7 Å². The Balaban J connectivity index is 1.64. The maximum atomic E-state index is 12.8. The first-order valence-corrected chi connectivity index (χ1v) is 9.92. The molecule has 1 heterocycles. The Morgan fingerprint density at radius 1 is 0.893 bits per heavy atom. The summed E-state index contributed by atoms with van der Waals surface area (Å²) in [6.07, 6.45) is 0. The van der Waals surface area contributed by atoms with Crippen LogP contribution in [0.2, 0.25) is 0 Å². The SMILES string of the molecule is CC(C)c1ccc([C@H](C)[NH+]2CCN(C(=O)c3ccccc3C(=O)[O-])CC2)cc1. The van der Waals surface area contributed by atoms with Crippen LogP contribution in [-0.2, 0) is 0 Å². The minimum absolute atomic E-state index is 0.0408. The molecule has 5 heteroatoms. The molecule has 1 atom stereocenters. The number of benzene rings is 2. The van der Waals surface area contributed by atoms with Gasteiger partial charge in [-0.3, -0.25) is 4.79 Å². The largest absolute Gasteiger partial charge is 0.545 e. The summed E-state index contributed by atoms with van der Waals surface area (Å²) in [5, 5.41) is 11.3. The number of carbonyl (C=O) groups excluding carboxylic acids is 2. The predicted molar refractivity (Wildman–Crippen MR) is 106 cm³/mol. The van der Waals surface area contributed by atoms with Crippen LogP contribution in [-0.4, -0.2) is 43.0 Å². The number of hydrogen-bond donors (Lipinski definition) is 1. The number of piperazine rings is 1. The molecule has 3 rings (SSSR count). The molecule has 1 amide bonds. The minimum atomic E-state index is -1.31. The zero-order valence-corrected chi connectivity index (χ0v) is 16.8. The van der Waals surface area contributed by atoms with Crippen molar-refractivity contribution in [1.82, 2.24) is 4.90 Å². The third kappa shape index (κ3) is 4.25. The second kappa shape index (κ2) is 8.57. The highest BCUT2D eigenvalue weighted by Gasteiger charge is 2.29. The van der Waals surface area contributed by atoms with E-state index in [2.05, 4.69) is 45.0 Å². The van der Waals surface area contributed by atoms with Gasteiger partial charge in [0.2, 0.25) is 0 Å². The van der Waals surface area contributed by atoms with E-state index in [-0.39, 0.29) is 17.0 Å². The topological polar surface area (TPSA) is 64.9 Å². The zero-order valence-electron chi connectivity index (χ0n) is 16.8. The lowest BCUT2D eigenvalue weighted by molar-refractivity contribution is -0.933. The molecule has 1 saturated heterocycles. The van der Waals surface area contributed by atoms with Gasteiger partial charge in [-0.05, 0) is 24.5 Å². The third-order valence-electron chi connectivity index (χ3n) is 5.79. The van der Waals surface area contributed by atoms with Gasteiger partial charge < -0.3 is 19.7 Å². The van der Waals surface area contributed by atoms with Gasteiger partial charge in [-0.15, -0.1) is 0 Å². The first kappa shape index (κ1) is 20.1. The molecule has 0 bridgehead atoms. The molecule has 0 saturated carbocycles. The summed E-state index contributed by atoms with van der Waals surface area (Å²) in [7, 11) is 0. The Labute approximate surface area is 166 Å². The highest BCUT2D eigenvalue weighted by Crippen LogP contribution is 2.18. The standard InChI is InChI=1S/C23H28N2O3/c1-16(2)18-8-10-19(11-9-18)17(3)24-12-14-25(15-13-24)22(26)20-6-4-5-7-21(20)23(27)28/h4-11,16-17H,12-15H2,1-3H3,(H,27,28)/t17-/m0/s1.